The van der Waals surface area contributed by atoms with Gasteiger partial charge in [-0.05, 0) is 57.3 Å². The van der Waals surface area contributed by atoms with Crippen molar-refractivity contribution in [2.75, 3.05) is 13.2 Å². The molecule has 20 heavy (non-hydrogen) atoms. The molecular weight excluding hydrogens is 252 g/mol. The van der Waals surface area contributed by atoms with Crippen LogP contribution in [-0.2, 0) is 9.47 Å². The maximum absolute atomic E-state index is 9.16. The zero-order chi connectivity index (χ0) is 13.8. The summed E-state index contributed by atoms with van der Waals surface area (Å²) in [7, 11) is 0. The molecule has 1 N–H and O–H groups in total. The third-order valence-electron chi connectivity index (χ3n) is 5.67. The Labute approximate surface area is 123 Å². The SMILES string of the molecule is OCC1CCC(OCC2CCC3(CCCCC3)O2)CC1. The number of hydrogen-bond acceptors (Lipinski definition) is 3. The average molecular weight is 282 g/mol. The number of ether oxygens (including phenoxy) is 2. The minimum atomic E-state index is 0.223. The van der Waals surface area contributed by atoms with E-state index in [0.717, 1.165) is 32.3 Å². The lowest BCUT2D eigenvalue weighted by Gasteiger charge is -2.33. The van der Waals surface area contributed by atoms with Crippen LogP contribution in [0, 0.1) is 5.92 Å². The molecule has 116 valence electrons. The maximum Gasteiger partial charge on any atom is 0.0817 e. The number of aliphatic hydroxyl groups is 1. The summed E-state index contributed by atoms with van der Waals surface area (Å²) < 4.78 is 12.4. The van der Waals surface area contributed by atoms with Gasteiger partial charge in [-0.3, -0.25) is 0 Å². The molecule has 1 spiro atoms. The minimum absolute atomic E-state index is 0.223. The molecule has 0 aromatic carbocycles. The van der Waals surface area contributed by atoms with Crippen molar-refractivity contribution in [2.45, 2.75) is 88.4 Å². The van der Waals surface area contributed by atoms with E-state index in [4.69, 9.17) is 14.6 Å². The lowest BCUT2D eigenvalue weighted by atomic mass is 9.83. The number of rotatable bonds is 4. The number of hydrogen-bond donors (Lipinski definition) is 1. The Morgan fingerprint density at radius 2 is 1.70 bits per heavy atom. The van der Waals surface area contributed by atoms with Gasteiger partial charge in [-0.15, -0.1) is 0 Å². The molecule has 3 heteroatoms. The molecule has 3 fully saturated rings. The van der Waals surface area contributed by atoms with Gasteiger partial charge in [-0.2, -0.15) is 0 Å². The summed E-state index contributed by atoms with van der Waals surface area (Å²) in [6, 6.07) is 0. The molecule has 2 aliphatic carbocycles. The van der Waals surface area contributed by atoms with Gasteiger partial charge in [0.1, 0.15) is 0 Å². The molecule has 1 aliphatic heterocycles. The fourth-order valence-corrected chi connectivity index (χ4v) is 4.30. The summed E-state index contributed by atoms with van der Waals surface area (Å²) in [4.78, 5) is 0. The molecule has 1 unspecified atom stereocenters. The van der Waals surface area contributed by atoms with E-state index >= 15 is 0 Å². The van der Waals surface area contributed by atoms with Crippen LogP contribution in [0.15, 0.2) is 0 Å². The summed E-state index contributed by atoms with van der Waals surface area (Å²) in [5, 5.41) is 9.16. The summed E-state index contributed by atoms with van der Waals surface area (Å²) in [6.07, 6.45) is 14.3. The topological polar surface area (TPSA) is 38.7 Å². The highest BCUT2D eigenvalue weighted by molar-refractivity contribution is 4.91. The van der Waals surface area contributed by atoms with E-state index in [-0.39, 0.29) is 5.60 Å². The molecule has 3 rings (SSSR count). The molecule has 0 bridgehead atoms. The van der Waals surface area contributed by atoms with Gasteiger partial charge in [0.2, 0.25) is 0 Å². The van der Waals surface area contributed by atoms with Crippen LogP contribution < -0.4 is 0 Å². The highest BCUT2D eigenvalue weighted by atomic mass is 16.6. The standard InChI is InChI=1S/C17H30O3/c18-12-14-4-6-15(7-5-14)19-13-16-8-11-17(20-16)9-2-1-3-10-17/h14-16,18H,1-13H2. The Kier molecular flexibility index (Phi) is 5.00. The van der Waals surface area contributed by atoms with Crippen LogP contribution in [0.25, 0.3) is 0 Å². The van der Waals surface area contributed by atoms with Crippen molar-refractivity contribution in [1.82, 2.24) is 0 Å². The molecular formula is C17H30O3. The van der Waals surface area contributed by atoms with Crippen molar-refractivity contribution in [2.24, 2.45) is 5.92 Å². The third-order valence-corrected chi connectivity index (χ3v) is 5.67. The first-order chi connectivity index (χ1) is 9.80. The molecule has 2 saturated carbocycles. The first kappa shape index (κ1) is 14.8. The lowest BCUT2D eigenvalue weighted by molar-refractivity contribution is -0.103. The quantitative estimate of drug-likeness (QED) is 0.858. The maximum atomic E-state index is 9.16. The molecule has 0 radical (unpaired) electrons. The largest absolute Gasteiger partial charge is 0.396 e. The van der Waals surface area contributed by atoms with Crippen molar-refractivity contribution in [3.8, 4) is 0 Å². The molecule has 3 aliphatic rings. The summed E-state index contributed by atoms with van der Waals surface area (Å²) >= 11 is 0. The molecule has 1 heterocycles. The average Bonchev–Trinajstić information content (AvgIpc) is 2.89. The van der Waals surface area contributed by atoms with Gasteiger partial charge in [-0.25, -0.2) is 0 Å². The lowest BCUT2D eigenvalue weighted by Crippen LogP contribution is -2.33. The third kappa shape index (κ3) is 3.55. The predicted molar refractivity (Wildman–Crippen MR) is 78.7 cm³/mol. The van der Waals surface area contributed by atoms with E-state index < -0.39 is 0 Å². The fraction of sp³-hybridized carbons (Fsp3) is 1.00. The molecule has 0 aromatic heterocycles. The van der Waals surface area contributed by atoms with Crippen molar-refractivity contribution in [3.63, 3.8) is 0 Å². The monoisotopic (exact) mass is 282 g/mol. The highest BCUT2D eigenvalue weighted by Gasteiger charge is 2.41. The number of aliphatic hydroxyl groups excluding tert-OH is 1. The molecule has 0 amide bonds. The van der Waals surface area contributed by atoms with Crippen LogP contribution in [0.2, 0.25) is 0 Å². The van der Waals surface area contributed by atoms with Crippen molar-refractivity contribution in [3.05, 3.63) is 0 Å². The van der Waals surface area contributed by atoms with Gasteiger partial charge in [0.25, 0.3) is 0 Å². The second-order valence-corrected chi connectivity index (χ2v) is 7.18. The fourth-order valence-electron chi connectivity index (χ4n) is 4.30. The predicted octanol–water partition coefficient (Wildman–Crippen LogP) is 3.44. The van der Waals surface area contributed by atoms with E-state index in [1.807, 2.05) is 0 Å². The van der Waals surface area contributed by atoms with Crippen LogP contribution in [0.4, 0.5) is 0 Å². The second-order valence-electron chi connectivity index (χ2n) is 7.18. The van der Waals surface area contributed by atoms with Crippen molar-refractivity contribution in [1.29, 1.82) is 0 Å². The first-order valence-corrected chi connectivity index (χ1v) is 8.70. The van der Waals surface area contributed by atoms with E-state index in [2.05, 4.69) is 0 Å². The van der Waals surface area contributed by atoms with E-state index in [1.54, 1.807) is 0 Å². The van der Waals surface area contributed by atoms with Crippen LogP contribution in [0.5, 0.6) is 0 Å². The second kappa shape index (κ2) is 6.76. The Balaban J connectivity index is 1.37. The zero-order valence-electron chi connectivity index (χ0n) is 12.7. The van der Waals surface area contributed by atoms with Gasteiger partial charge < -0.3 is 14.6 Å². The van der Waals surface area contributed by atoms with Crippen molar-refractivity contribution >= 4 is 0 Å². The molecule has 1 saturated heterocycles. The Morgan fingerprint density at radius 3 is 2.40 bits per heavy atom. The van der Waals surface area contributed by atoms with Crippen LogP contribution in [0.1, 0.15) is 70.6 Å². The summed E-state index contributed by atoms with van der Waals surface area (Å²) in [5.74, 6) is 0.517. The molecule has 3 nitrogen and oxygen atoms in total. The van der Waals surface area contributed by atoms with E-state index in [9.17, 15) is 0 Å². The minimum Gasteiger partial charge on any atom is -0.396 e. The Hall–Kier alpha value is -0.120. The highest BCUT2D eigenvalue weighted by Crippen LogP contribution is 2.42. The van der Waals surface area contributed by atoms with Gasteiger partial charge in [0.05, 0.1) is 24.4 Å². The van der Waals surface area contributed by atoms with Crippen molar-refractivity contribution < 1.29 is 14.6 Å². The first-order valence-electron chi connectivity index (χ1n) is 8.70. The van der Waals surface area contributed by atoms with Gasteiger partial charge in [-0.1, -0.05) is 19.3 Å². The van der Waals surface area contributed by atoms with Gasteiger partial charge >= 0.3 is 0 Å². The van der Waals surface area contributed by atoms with Gasteiger partial charge in [0.15, 0.2) is 0 Å². The zero-order valence-corrected chi connectivity index (χ0v) is 12.7. The van der Waals surface area contributed by atoms with Gasteiger partial charge in [0, 0.05) is 6.61 Å². The van der Waals surface area contributed by atoms with E-state index in [0.29, 0.717) is 24.7 Å². The Morgan fingerprint density at radius 1 is 0.950 bits per heavy atom. The molecule has 0 aromatic rings. The van der Waals surface area contributed by atoms with Crippen LogP contribution >= 0.6 is 0 Å². The summed E-state index contributed by atoms with van der Waals surface area (Å²) in [6.45, 7) is 1.14. The molecule has 1 atom stereocenters. The normalized spacial score (nSPS) is 37.4. The van der Waals surface area contributed by atoms with Crippen LogP contribution in [0.3, 0.4) is 0 Å². The van der Waals surface area contributed by atoms with E-state index in [1.165, 1.54) is 44.9 Å². The van der Waals surface area contributed by atoms with Crippen LogP contribution in [-0.4, -0.2) is 36.1 Å². The Bertz CT molecular complexity index is 291. The smallest absolute Gasteiger partial charge is 0.0817 e. The summed E-state index contributed by atoms with van der Waals surface area (Å²) in [5.41, 5.74) is 0.223.